The van der Waals surface area contributed by atoms with Crippen LogP contribution < -0.4 is 4.74 Å². The van der Waals surface area contributed by atoms with Gasteiger partial charge in [-0.3, -0.25) is 9.59 Å². The molecule has 2 rings (SSSR count). The van der Waals surface area contributed by atoms with Crippen molar-refractivity contribution in [3.8, 4) is 5.75 Å². The van der Waals surface area contributed by atoms with Crippen LogP contribution in [0.25, 0.3) is 0 Å². The second kappa shape index (κ2) is 8.37. The quantitative estimate of drug-likeness (QED) is 0.769. The van der Waals surface area contributed by atoms with Gasteiger partial charge in [-0.25, -0.2) is 0 Å². The summed E-state index contributed by atoms with van der Waals surface area (Å²) in [6.45, 7) is 11.0. The van der Waals surface area contributed by atoms with Crippen molar-refractivity contribution in [3.63, 3.8) is 0 Å². The van der Waals surface area contributed by atoms with Crippen LogP contribution in [-0.2, 0) is 4.79 Å². The van der Waals surface area contributed by atoms with E-state index in [1.807, 2.05) is 54.8 Å². The summed E-state index contributed by atoms with van der Waals surface area (Å²) in [5.74, 6) is 0.960. The first-order valence-corrected chi connectivity index (χ1v) is 9.14. The molecule has 0 spiro atoms. The predicted octanol–water partition coefficient (Wildman–Crippen LogP) is 3.20. The lowest BCUT2D eigenvalue weighted by molar-refractivity contribution is -0.140. The average Bonchev–Trinajstić information content (AvgIpc) is 2.61. The minimum Gasteiger partial charge on any atom is -0.494 e. The van der Waals surface area contributed by atoms with Crippen LogP contribution in [0.5, 0.6) is 5.75 Å². The Labute approximate surface area is 150 Å². The molecule has 1 aromatic rings. The van der Waals surface area contributed by atoms with Crippen molar-refractivity contribution in [2.24, 2.45) is 5.41 Å². The monoisotopic (exact) mass is 346 g/mol. The van der Waals surface area contributed by atoms with Crippen molar-refractivity contribution in [2.75, 3.05) is 32.8 Å². The normalized spacial score (nSPS) is 15.2. The number of rotatable bonds is 5. The lowest BCUT2D eigenvalue weighted by Gasteiger charge is -2.37. The number of amides is 2. The Balaban J connectivity index is 1.89. The molecule has 1 saturated heterocycles. The molecule has 5 nitrogen and oxygen atoms in total. The van der Waals surface area contributed by atoms with Gasteiger partial charge in [0.2, 0.25) is 5.91 Å². The number of carbonyl (C=O) groups excluding carboxylic acids is 2. The van der Waals surface area contributed by atoms with Crippen molar-refractivity contribution in [1.29, 1.82) is 0 Å². The Hall–Kier alpha value is -2.04. The molecule has 1 heterocycles. The molecule has 0 unspecified atom stereocenters. The lowest BCUT2D eigenvalue weighted by atomic mass is 9.94. The highest BCUT2D eigenvalue weighted by molar-refractivity contribution is 5.94. The summed E-state index contributed by atoms with van der Waals surface area (Å²) in [4.78, 5) is 28.6. The number of hydrogen-bond donors (Lipinski definition) is 0. The molecule has 1 fully saturated rings. The highest BCUT2D eigenvalue weighted by atomic mass is 16.5. The number of carbonyl (C=O) groups is 2. The molecule has 25 heavy (non-hydrogen) atoms. The zero-order valence-electron chi connectivity index (χ0n) is 15.9. The van der Waals surface area contributed by atoms with Crippen molar-refractivity contribution in [1.82, 2.24) is 9.80 Å². The van der Waals surface area contributed by atoms with Crippen molar-refractivity contribution >= 4 is 11.8 Å². The van der Waals surface area contributed by atoms with Crippen LogP contribution in [0.4, 0.5) is 0 Å². The van der Waals surface area contributed by atoms with E-state index in [-0.39, 0.29) is 17.2 Å². The topological polar surface area (TPSA) is 49.9 Å². The molecule has 1 aromatic carbocycles. The van der Waals surface area contributed by atoms with E-state index in [0.717, 1.165) is 18.6 Å². The molecular weight excluding hydrogens is 316 g/mol. The van der Waals surface area contributed by atoms with Gasteiger partial charge in [0.25, 0.3) is 5.91 Å². The second-order valence-electron chi connectivity index (χ2n) is 7.56. The third-order valence-electron chi connectivity index (χ3n) is 4.36. The molecule has 1 aliphatic rings. The molecule has 5 heteroatoms. The molecule has 0 radical (unpaired) electrons. The number of hydrogen-bond acceptors (Lipinski definition) is 3. The summed E-state index contributed by atoms with van der Waals surface area (Å²) in [6, 6.07) is 7.33. The van der Waals surface area contributed by atoms with Crippen LogP contribution in [0.15, 0.2) is 24.3 Å². The molecule has 0 N–H and O–H groups in total. The van der Waals surface area contributed by atoms with E-state index < -0.39 is 0 Å². The highest BCUT2D eigenvalue weighted by Crippen LogP contribution is 2.20. The second-order valence-corrected chi connectivity index (χ2v) is 7.56. The largest absolute Gasteiger partial charge is 0.494 e. The molecule has 2 amide bonds. The van der Waals surface area contributed by atoms with E-state index in [1.54, 1.807) is 0 Å². The van der Waals surface area contributed by atoms with Crippen LogP contribution in [0.1, 0.15) is 50.9 Å². The Morgan fingerprint density at radius 1 is 1.00 bits per heavy atom. The van der Waals surface area contributed by atoms with Gasteiger partial charge in [0.1, 0.15) is 5.75 Å². The Morgan fingerprint density at radius 2 is 1.56 bits per heavy atom. The van der Waals surface area contributed by atoms with E-state index in [4.69, 9.17) is 4.74 Å². The fourth-order valence-electron chi connectivity index (χ4n) is 2.80. The molecule has 0 bridgehead atoms. The molecule has 0 atom stereocenters. The van der Waals surface area contributed by atoms with Crippen LogP contribution in [-0.4, -0.2) is 54.4 Å². The summed E-state index contributed by atoms with van der Waals surface area (Å²) < 4.78 is 5.63. The van der Waals surface area contributed by atoms with Gasteiger partial charge in [-0.1, -0.05) is 34.1 Å². The van der Waals surface area contributed by atoms with Crippen LogP contribution >= 0.6 is 0 Å². The van der Waals surface area contributed by atoms with Gasteiger partial charge in [0.05, 0.1) is 6.61 Å². The van der Waals surface area contributed by atoms with Gasteiger partial charge < -0.3 is 14.5 Å². The van der Waals surface area contributed by atoms with Crippen LogP contribution in [0, 0.1) is 5.41 Å². The number of piperazine rings is 1. The number of benzene rings is 1. The molecule has 0 saturated carbocycles. The van der Waals surface area contributed by atoms with Crippen LogP contribution in [0.2, 0.25) is 0 Å². The van der Waals surface area contributed by atoms with E-state index in [0.29, 0.717) is 38.3 Å². The Kier molecular flexibility index (Phi) is 6.45. The standard InChI is InChI=1S/C20H30N2O3/c1-5-6-15-25-17-9-7-16(8-10-17)18(23)21-11-13-22(14-12-21)19(24)20(2,3)4/h7-10H,5-6,11-15H2,1-4H3. The Morgan fingerprint density at radius 3 is 2.08 bits per heavy atom. The minimum atomic E-state index is -0.375. The molecule has 1 aliphatic heterocycles. The fraction of sp³-hybridized carbons (Fsp3) is 0.600. The molecule has 0 aliphatic carbocycles. The highest BCUT2D eigenvalue weighted by Gasteiger charge is 2.31. The maximum atomic E-state index is 12.6. The van der Waals surface area contributed by atoms with E-state index in [1.165, 1.54) is 0 Å². The summed E-state index contributed by atoms with van der Waals surface area (Å²) in [6.07, 6.45) is 2.12. The summed E-state index contributed by atoms with van der Waals surface area (Å²) in [7, 11) is 0. The van der Waals surface area contributed by atoms with Gasteiger partial charge in [-0.15, -0.1) is 0 Å². The lowest BCUT2D eigenvalue weighted by Crippen LogP contribution is -2.53. The minimum absolute atomic E-state index is 0.0166. The fourth-order valence-corrected chi connectivity index (χ4v) is 2.80. The van der Waals surface area contributed by atoms with E-state index in [9.17, 15) is 9.59 Å². The maximum absolute atomic E-state index is 12.6. The smallest absolute Gasteiger partial charge is 0.253 e. The number of ether oxygens (including phenoxy) is 1. The maximum Gasteiger partial charge on any atom is 0.253 e. The van der Waals surface area contributed by atoms with Gasteiger partial charge in [-0.2, -0.15) is 0 Å². The first-order chi connectivity index (χ1) is 11.8. The number of unbranched alkanes of at least 4 members (excludes halogenated alkanes) is 1. The van der Waals surface area contributed by atoms with Crippen LogP contribution in [0.3, 0.4) is 0 Å². The SMILES string of the molecule is CCCCOc1ccc(C(=O)N2CCN(C(=O)C(C)(C)C)CC2)cc1. The summed E-state index contributed by atoms with van der Waals surface area (Å²) >= 11 is 0. The van der Waals surface area contributed by atoms with Crippen molar-refractivity contribution in [2.45, 2.75) is 40.5 Å². The van der Waals surface area contributed by atoms with Gasteiger partial charge >= 0.3 is 0 Å². The number of nitrogens with zero attached hydrogens (tertiary/aromatic N) is 2. The Bertz CT molecular complexity index is 582. The van der Waals surface area contributed by atoms with E-state index in [2.05, 4.69) is 6.92 Å². The molecule has 0 aromatic heterocycles. The van der Waals surface area contributed by atoms with Crippen molar-refractivity contribution < 1.29 is 14.3 Å². The first-order valence-electron chi connectivity index (χ1n) is 9.14. The van der Waals surface area contributed by atoms with E-state index >= 15 is 0 Å². The molecule has 138 valence electrons. The van der Waals surface area contributed by atoms with Gasteiger partial charge in [-0.05, 0) is 30.7 Å². The predicted molar refractivity (Wildman–Crippen MR) is 98.8 cm³/mol. The first kappa shape index (κ1) is 19.3. The zero-order valence-corrected chi connectivity index (χ0v) is 15.9. The molecular formula is C20H30N2O3. The average molecular weight is 346 g/mol. The summed E-state index contributed by atoms with van der Waals surface area (Å²) in [5.41, 5.74) is 0.290. The third kappa shape index (κ3) is 5.21. The summed E-state index contributed by atoms with van der Waals surface area (Å²) in [5, 5.41) is 0. The third-order valence-corrected chi connectivity index (χ3v) is 4.36. The zero-order chi connectivity index (χ0) is 18.4. The van der Waals surface area contributed by atoms with Crippen molar-refractivity contribution in [3.05, 3.63) is 29.8 Å². The van der Waals surface area contributed by atoms with Gasteiger partial charge in [0, 0.05) is 37.2 Å². The van der Waals surface area contributed by atoms with Gasteiger partial charge in [0.15, 0.2) is 0 Å².